The summed E-state index contributed by atoms with van der Waals surface area (Å²) in [6.45, 7) is 15.6. The van der Waals surface area contributed by atoms with Crippen LogP contribution in [0.3, 0.4) is 0 Å². The van der Waals surface area contributed by atoms with E-state index in [2.05, 4.69) is 6.58 Å². The molecule has 0 aromatic heterocycles. The van der Waals surface area contributed by atoms with E-state index >= 15 is 0 Å². The Hall–Kier alpha value is -0.780. The van der Waals surface area contributed by atoms with Crippen LogP contribution in [0, 0.1) is 0 Å². The van der Waals surface area contributed by atoms with E-state index in [-0.39, 0.29) is 0 Å². The lowest BCUT2D eigenvalue weighted by atomic mass is 10.3. The van der Waals surface area contributed by atoms with E-state index in [1.807, 2.05) is 65.8 Å². The molecule has 0 N–H and O–H groups in total. The van der Waals surface area contributed by atoms with Crippen molar-refractivity contribution in [3.8, 4) is 0 Å². The summed E-state index contributed by atoms with van der Waals surface area (Å²) in [4.78, 5) is 0. The molecule has 0 atom stereocenters. The molecule has 0 bridgehead atoms. The number of rotatable bonds is 2. The van der Waals surface area contributed by atoms with Crippen LogP contribution in [-0.2, 0) is 0 Å². The van der Waals surface area contributed by atoms with Gasteiger partial charge in [0, 0.05) is 0 Å². The maximum absolute atomic E-state index is 3.61. The number of hydrogen-bond donors (Lipinski definition) is 0. The Labute approximate surface area is 78.7 Å². The zero-order chi connectivity index (χ0) is 10.4. The van der Waals surface area contributed by atoms with Crippen LogP contribution in [0.15, 0.2) is 36.5 Å². The fourth-order valence-corrected chi connectivity index (χ4v) is 0.316. The van der Waals surface area contributed by atoms with Gasteiger partial charge in [-0.05, 0) is 13.8 Å². The lowest BCUT2D eigenvalue weighted by Gasteiger charge is -1.81. The summed E-state index contributed by atoms with van der Waals surface area (Å²) in [6, 6.07) is 0. The van der Waals surface area contributed by atoms with Crippen LogP contribution in [0.25, 0.3) is 0 Å². The Morgan fingerprint density at radius 2 is 1.50 bits per heavy atom. The highest BCUT2D eigenvalue weighted by Gasteiger charge is 1.70. The number of allylic oxidation sites excluding steroid dienone is 5. The summed E-state index contributed by atoms with van der Waals surface area (Å²) < 4.78 is 0. The van der Waals surface area contributed by atoms with Crippen LogP contribution >= 0.6 is 0 Å². The lowest BCUT2D eigenvalue weighted by Crippen LogP contribution is -1.60. The van der Waals surface area contributed by atoms with E-state index in [1.54, 1.807) is 0 Å². The molecule has 0 heteroatoms. The largest absolute Gasteiger partial charge is 0.0988 e. The van der Waals surface area contributed by atoms with Crippen molar-refractivity contribution in [2.24, 2.45) is 0 Å². The predicted molar refractivity (Wildman–Crippen MR) is 61.5 cm³/mol. The van der Waals surface area contributed by atoms with E-state index in [4.69, 9.17) is 0 Å². The molecule has 0 amide bonds. The smallest absolute Gasteiger partial charge is 0.0398 e. The van der Waals surface area contributed by atoms with Crippen LogP contribution in [-0.4, -0.2) is 0 Å². The molecule has 0 aromatic carbocycles. The van der Waals surface area contributed by atoms with Gasteiger partial charge in [-0.15, -0.1) is 0 Å². The molecule has 0 aliphatic carbocycles. The van der Waals surface area contributed by atoms with E-state index in [9.17, 15) is 0 Å². The highest BCUT2D eigenvalue weighted by atomic mass is 13.8. The van der Waals surface area contributed by atoms with Gasteiger partial charge in [0.1, 0.15) is 0 Å². The summed E-state index contributed by atoms with van der Waals surface area (Å²) in [7, 11) is 0. The Kier molecular flexibility index (Phi) is 32.5. The second-order valence-electron chi connectivity index (χ2n) is 1.64. The zero-order valence-corrected chi connectivity index (χ0v) is 9.52. The summed E-state index contributed by atoms with van der Waals surface area (Å²) in [5.41, 5.74) is 1.20. The van der Waals surface area contributed by atoms with Gasteiger partial charge >= 0.3 is 0 Å². The van der Waals surface area contributed by atoms with Gasteiger partial charge in [0.25, 0.3) is 0 Å². The molecule has 12 heavy (non-hydrogen) atoms. The van der Waals surface area contributed by atoms with Crippen molar-refractivity contribution in [2.45, 2.75) is 41.5 Å². The van der Waals surface area contributed by atoms with E-state index in [1.165, 1.54) is 5.57 Å². The minimum Gasteiger partial charge on any atom is -0.0988 e. The summed E-state index contributed by atoms with van der Waals surface area (Å²) in [5.74, 6) is 0. The van der Waals surface area contributed by atoms with Crippen LogP contribution in [0.5, 0.6) is 0 Å². The fraction of sp³-hybridized carbons (Fsp3) is 0.500. The molecule has 0 aliphatic rings. The Morgan fingerprint density at radius 1 is 1.08 bits per heavy atom. The maximum atomic E-state index is 3.61. The molecule has 0 unspecified atom stereocenters. The fourth-order valence-electron chi connectivity index (χ4n) is 0.316. The molecule has 0 nitrogen and oxygen atoms in total. The zero-order valence-electron chi connectivity index (χ0n) is 9.52. The topological polar surface area (TPSA) is 0 Å². The first-order valence-electron chi connectivity index (χ1n) is 4.73. The lowest BCUT2D eigenvalue weighted by molar-refractivity contribution is 1.50. The van der Waals surface area contributed by atoms with E-state index in [0.717, 1.165) is 0 Å². The second-order valence-corrected chi connectivity index (χ2v) is 1.64. The van der Waals surface area contributed by atoms with Gasteiger partial charge in [0.05, 0.1) is 0 Å². The summed E-state index contributed by atoms with van der Waals surface area (Å²) >= 11 is 0. The molecule has 0 fully saturated rings. The van der Waals surface area contributed by atoms with E-state index in [0.29, 0.717) is 0 Å². The molecule has 0 rings (SSSR count). The van der Waals surface area contributed by atoms with Crippen molar-refractivity contribution in [1.29, 1.82) is 0 Å². The van der Waals surface area contributed by atoms with Crippen molar-refractivity contribution in [3.05, 3.63) is 36.5 Å². The number of hydrogen-bond acceptors (Lipinski definition) is 0. The molecule has 0 aliphatic heterocycles. The van der Waals surface area contributed by atoms with Gasteiger partial charge in [-0.25, -0.2) is 0 Å². The first-order valence-corrected chi connectivity index (χ1v) is 4.73. The first kappa shape index (κ1) is 17.3. The van der Waals surface area contributed by atoms with Crippen molar-refractivity contribution in [1.82, 2.24) is 0 Å². The first-order chi connectivity index (χ1) is 5.81. The van der Waals surface area contributed by atoms with Crippen molar-refractivity contribution >= 4 is 0 Å². The SMILES string of the molecule is C=C/C(C)=C/C=C\C.CC.CC. The average Bonchev–Trinajstić information content (AvgIpc) is 2.20. The van der Waals surface area contributed by atoms with Gasteiger partial charge in [-0.1, -0.05) is 64.2 Å². The predicted octanol–water partition coefficient (Wildman–Crippen LogP) is 4.75. The monoisotopic (exact) mass is 168 g/mol. The van der Waals surface area contributed by atoms with Crippen LogP contribution in [0.2, 0.25) is 0 Å². The van der Waals surface area contributed by atoms with Crippen LogP contribution in [0.4, 0.5) is 0 Å². The molecule has 0 saturated carbocycles. The third-order valence-corrected chi connectivity index (χ3v) is 0.874. The minimum atomic E-state index is 1.20. The van der Waals surface area contributed by atoms with Gasteiger partial charge in [-0.2, -0.15) is 0 Å². The van der Waals surface area contributed by atoms with Crippen molar-refractivity contribution in [3.63, 3.8) is 0 Å². The molecule has 72 valence electrons. The summed E-state index contributed by atoms with van der Waals surface area (Å²) in [6.07, 6.45) is 7.84. The molecule has 0 saturated heterocycles. The third-order valence-electron chi connectivity index (χ3n) is 0.874. The van der Waals surface area contributed by atoms with Gasteiger partial charge in [0.15, 0.2) is 0 Å². The molecular weight excluding hydrogens is 144 g/mol. The Morgan fingerprint density at radius 3 is 1.75 bits per heavy atom. The standard InChI is InChI=1S/C8H12.2C2H6/c1-4-6-7-8(3)5-2;2*1-2/h4-7H,2H2,1,3H3;2*1-2H3/b6-4-,8-7+;;. The second kappa shape index (κ2) is 22.5. The van der Waals surface area contributed by atoms with Gasteiger partial charge in [-0.3, -0.25) is 0 Å². The van der Waals surface area contributed by atoms with Crippen molar-refractivity contribution < 1.29 is 0 Å². The minimum absolute atomic E-state index is 1.20. The van der Waals surface area contributed by atoms with Gasteiger partial charge < -0.3 is 0 Å². The molecule has 0 radical (unpaired) electrons. The molecule has 0 heterocycles. The third kappa shape index (κ3) is 22.9. The maximum Gasteiger partial charge on any atom is -0.0398 e. The molecule has 0 spiro atoms. The van der Waals surface area contributed by atoms with E-state index < -0.39 is 0 Å². The van der Waals surface area contributed by atoms with Gasteiger partial charge in [0.2, 0.25) is 0 Å². The quantitative estimate of drug-likeness (QED) is 0.522. The van der Waals surface area contributed by atoms with Crippen LogP contribution < -0.4 is 0 Å². The summed E-state index contributed by atoms with van der Waals surface area (Å²) in [5, 5.41) is 0. The normalized spacial score (nSPS) is 9.33. The Balaban J connectivity index is -0.000000175. The highest BCUT2D eigenvalue weighted by Crippen LogP contribution is 1.91. The highest BCUT2D eigenvalue weighted by molar-refractivity contribution is 5.18. The molecular formula is C12H24. The van der Waals surface area contributed by atoms with Crippen LogP contribution in [0.1, 0.15) is 41.5 Å². The van der Waals surface area contributed by atoms with Crippen molar-refractivity contribution in [2.75, 3.05) is 0 Å². The molecule has 0 aromatic rings. The average molecular weight is 168 g/mol. The Bertz CT molecular complexity index is 116.